The largest absolute Gasteiger partial charge is 0.303 e. The van der Waals surface area contributed by atoms with E-state index in [0.29, 0.717) is 11.6 Å². The highest BCUT2D eigenvalue weighted by Crippen LogP contribution is 2.37. The number of likely N-dealkylation sites (tertiary alicyclic amines) is 1. The molecule has 0 aliphatic carbocycles. The van der Waals surface area contributed by atoms with Gasteiger partial charge in [0.15, 0.2) is 0 Å². The van der Waals surface area contributed by atoms with Crippen molar-refractivity contribution in [3.8, 4) is 17.2 Å². The number of hydrogen-bond acceptors (Lipinski definition) is 5. The second-order valence-corrected chi connectivity index (χ2v) is 11.3. The lowest BCUT2D eigenvalue weighted by molar-refractivity contribution is 0.187. The first-order valence-corrected chi connectivity index (χ1v) is 14.7. The molecule has 2 heterocycles. The quantitative estimate of drug-likeness (QED) is 0.273. The Morgan fingerprint density at radius 2 is 1.72 bits per heavy atom. The Kier molecular flexibility index (Phi) is 7.87. The van der Waals surface area contributed by atoms with Gasteiger partial charge in [-0.2, -0.15) is 5.26 Å². The molecule has 0 bridgehead atoms. The van der Waals surface area contributed by atoms with Crippen molar-refractivity contribution in [3.63, 3.8) is 0 Å². The topological polar surface area (TPSA) is 51.4 Å². The number of nitrogens with zero attached hydrogens (tertiary/aromatic N) is 3. The summed E-state index contributed by atoms with van der Waals surface area (Å²) < 4.78 is 0. The third kappa shape index (κ3) is 5.84. The van der Waals surface area contributed by atoms with Crippen LogP contribution in [0.1, 0.15) is 35.6 Å². The van der Waals surface area contributed by atoms with Crippen LogP contribution in [0.4, 0.5) is 0 Å². The molecule has 6 rings (SSSR count). The van der Waals surface area contributed by atoms with E-state index in [0.717, 1.165) is 49.4 Å². The summed E-state index contributed by atoms with van der Waals surface area (Å²) in [5, 5.41) is 16.4. The van der Waals surface area contributed by atoms with Gasteiger partial charge in [-0.3, -0.25) is 9.89 Å². The van der Waals surface area contributed by atoms with E-state index in [9.17, 15) is 5.26 Å². The molecular weight excluding hydrogens is 496 g/mol. The molecular formula is C34H32N4S. The Morgan fingerprint density at radius 3 is 2.51 bits per heavy atom. The van der Waals surface area contributed by atoms with Crippen molar-refractivity contribution in [1.82, 2.24) is 10.2 Å². The zero-order valence-electron chi connectivity index (χ0n) is 22.0. The standard InChI is InChI=1S/C34H32N4S/c35-22-28-14-13-27(21-32(28)31-12-6-10-26-9-4-5-11-30(26)31)34(33-23-36-17-20-39-33)37-29-15-18-38(19-16-29)24-25-7-2-1-3-8-25/h1-14,17,21,23,29,34,37H,15-16,18-20,24H2. The number of aliphatic imine (C=N–C) groups is 1. The molecule has 1 N–H and O–H groups in total. The first-order chi connectivity index (χ1) is 19.3. The maximum Gasteiger partial charge on any atom is 0.0998 e. The summed E-state index contributed by atoms with van der Waals surface area (Å²) in [6.45, 7) is 3.17. The summed E-state index contributed by atoms with van der Waals surface area (Å²) >= 11 is 1.85. The molecule has 2 aliphatic heterocycles. The average Bonchev–Trinajstić information content (AvgIpc) is 3.01. The van der Waals surface area contributed by atoms with Gasteiger partial charge in [-0.25, -0.2) is 0 Å². The zero-order chi connectivity index (χ0) is 26.4. The smallest absolute Gasteiger partial charge is 0.0998 e. The van der Waals surface area contributed by atoms with Crippen molar-refractivity contribution in [2.24, 2.45) is 4.99 Å². The van der Waals surface area contributed by atoms with E-state index in [1.165, 1.54) is 26.8 Å². The number of hydrogen-bond donors (Lipinski definition) is 1. The summed E-state index contributed by atoms with van der Waals surface area (Å²) in [4.78, 5) is 8.30. The lowest BCUT2D eigenvalue weighted by Gasteiger charge is -2.35. The molecule has 5 heteroatoms. The van der Waals surface area contributed by atoms with Crippen LogP contribution in [-0.4, -0.2) is 36.0 Å². The van der Waals surface area contributed by atoms with Crippen molar-refractivity contribution in [3.05, 3.63) is 119 Å². The Balaban J connectivity index is 1.28. The minimum absolute atomic E-state index is 0.0413. The number of rotatable bonds is 7. The van der Waals surface area contributed by atoms with E-state index in [1.54, 1.807) is 0 Å². The van der Waals surface area contributed by atoms with Crippen LogP contribution < -0.4 is 5.32 Å². The summed E-state index contributed by atoms with van der Waals surface area (Å²) in [5.74, 6) is 0.881. The summed E-state index contributed by atoms with van der Waals surface area (Å²) in [6.07, 6.45) is 6.19. The molecule has 1 atom stereocenters. The number of piperidine rings is 1. The number of nitriles is 1. The molecule has 1 unspecified atom stereocenters. The molecule has 0 spiro atoms. The minimum Gasteiger partial charge on any atom is -0.303 e. The van der Waals surface area contributed by atoms with Gasteiger partial charge in [0.1, 0.15) is 0 Å². The second-order valence-electron chi connectivity index (χ2n) is 10.3. The number of benzene rings is 4. The van der Waals surface area contributed by atoms with E-state index in [4.69, 9.17) is 0 Å². The van der Waals surface area contributed by atoms with Crippen LogP contribution in [0.2, 0.25) is 0 Å². The highest BCUT2D eigenvalue weighted by Gasteiger charge is 2.26. The molecule has 0 radical (unpaired) electrons. The predicted molar refractivity (Wildman–Crippen MR) is 164 cm³/mol. The van der Waals surface area contributed by atoms with Gasteiger partial charge in [-0.05, 0) is 65.5 Å². The maximum atomic E-state index is 10.0. The fraction of sp³-hybridized carbons (Fsp3) is 0.235. The summed E-state index contributed by atoms with van der Waals surface area (Å²) in [5.41, 5.74) is 5.34. The fourth-order valence-corrected chi connectivity index (χ4v) is 6.56. The second kappa shape index (κ2) is 12.0. The predicted octanol–water partition coefficient (Wildman–Crippen LogP) is 7.33. The minimum atomic E-state index is 0.0413. The van der Waals surface area contributed by atoms with Gasteiger partial charge >= 0.3 is 0 Å². The molecule has 0 aromatic heterocycles. The van der Waals surface area contributed by atoms with E-state index in [2.05, 4.69) is 106 Å². The summed E-state index contributed by atoms with van der Waals surface area (Å²) in [6, 6.07) is 34.7. The molecule has 194 valence electrons. The molecule has 2 aliphatic rings. The normalized spacial score (nSPS) is 17.1. The fourth-order valence-electron chi connectivity index (χ4n) is 5.70. The van der Waals surface area contributed by atoms with Crippen molar-refractivity contribution in [2.75, 3.05) is 18.8 Å². The van der Waals surface area contributed by atoms with Crippen molar-refractivity contribution in [1.29, 1.82) is 5.26 Å². The van der Waals surface area contributed by atoms with Gasteiger partial charge in [0.2, 0.25) is 0 Å². The van der Waals surface area contributed by atoms with Gasteiger partial charge in [0.05, 0.1) is 17.7 Å². The van der Waals surface area contributed by atoms with Crippen LogP contribution in [0.5, 0.6) is 0 Å². The van der Waals surface area contributed by atoms with Crippen molar-refractivity contribution < 1.29 is 0 Å². The monoisotopic (exact) mass is 528 g/mol. The third-order valence-corrected chi connectivity index (χ3v) is 8.72. The van der Waals surface area contributed by atoms with Crippen molar-refractivity contribution >= 4 is 28.7 Å². The number of fused-ring (bicyclic) bond motifs is 1. The Morgan fingerprint density at radius 1 is 0.923 bits per heavy atom. The first kappa shape index (κ1) is 25.6. The highest BCUT2D eigenvalue weighted by atomic mass is 32.2. The van der Waals surface area contributed by atoms with E-state index in [-0.39, 0.29) is 6.04 Å². The molecule has 0 saturated carbocycles. The van der Waals surface area contributed by atoms with E-state index < -0.39 is 0 Å². The Bertz CT molecular complexity index is 1540. The van der Waals surface area contributed by atoms with E-state index in [1.807, 2.05) is 30.2 Å². The van der Waals surface area contributed by atoms with Crippen molar-refractivity contribution in [2.45, 2.75) is 31.5 Å². The SMILES string of the molecule is N#Cc1ccc(C(NC2CCN(Cc3ccccc3)CC2)C2=CN=CCS2)cc1-c1cccc2ccccc12. The third-order valence-electron chi connectivity index (χ3n) is 7.73. The molecule has 1 saturated heterocycles. The maximum absolute atomic E-state index is 10.0. The molecule has 4 aromatic carbocycles. The molecule has 39 heavy (non-hydrogen) atoms. The van der Waals surface area contributed by atoms with Crippen LogP contribution >= 0.6 is 11.8 Å². The van der Waals surface area contributed by atoms with Crippen LogP contribution in [0.15, 0.2) is 107 Å². The van der Waals surface area contributed by atoms with Crippen LogP contribution in [0, 0.1) is 11.3 Å². The van der Waals surface area contributed by atoms with Gasteiger partial charge in [0.25, 0.3) is 0 Å². The van der Waals surface area contributed by atoms with Gasteiger partial charge in [-0.1, -0.05) is 78.9 Å². The number of nitrogens with one attached hydrogen (secondary N) is 1. The Hall–Kier alpha value is -3.69. The first-order valence-electron chi connectivity index (χ1n) is 13.7. The molecule has 4 aromatic rings. The average molecular weight is 529 g/mol. The molecule has 1 fully saturated rings. The lowest BCUT2D eigenvalue weighted by Crippen LogP contribution is -2.43. The van der Waals surface area contributed by atoms with Crippen LogP contribution in [-0.2, 0) is 6.54 Å². The lowest BCUT2D eigenvalue weighted by atomic mass is 9.91. The number of thioether (sulfide) groups is 1. The molecule has 4 nitrogen and oxygen atoms in total. The van der Waals surface area contributed by atoms with Crippen LogP contribution in [0.25, 0.3) is 21.9 Å². The highest BCUT2D eigenvalue weighted by molar-refractivity contribution is 8.03. The zero-order valence-corrected chi connectivity index (χ0v) is 22.8. The van der Waals surface area contributed by atoms with Gasteiger partial charge in [0, 0.05) is 41.2 Å². The van der Waals surface area contributed by atoms with E-state index >= 15 is 0 Å². The molecule has 0 amide bonds. The summed E-state index contributed by atoms with van der Waals surface area (Å²) in [7, 11) is 0. The van der Waals surface area contributed by atoms with Gasteiger partial charge < -0.3 is 5.32 Å². The van der Waals surface area contributed by atoms with Crippen LogP contribution in [0.3, 0.4) is 0 Å². The van der Waals surface area contributed by atoms with Gasteiger partial charge in [-0.15, -0.1) is 11.8 Å². The Labute approximate surface area is 235 Å².